The molecular weight excluding hydrogens is 414 g/mol. The number of rotatable bonds is 5. The number of carboxylic acids is 1. The first-order valence-electron chi connectivity index (χ1n) is 7.87. The fourth-order valence-electron chi connectivity index (χ4n) is 2.41. The van der Waals surface area contributed by atoms with Gasteiger partial charge in [0.2, 0.25) is 0 Å². The summed E-state index contributed by atoms with van der Waals surface area (Å²) < 4.78 is 12.4. The Labute approximate surface area is 161 Å². The number of pyridine rings is 1. The van der Waals surface area contributed by atoms with Crippen molar-refractivity contribution < 1.29 is 19.1 Å². The number of fused-ring (bicyclic) bond motifs is 1. The summed E-state index contributed by atoms with van der Waals surface area (Å²) in [6.45, 7) is 0. The molecule has 0 aliphatic carbocycles. The molecule has 4 rings (SSSR count). The Morgan fingerprint density at radius 3 is 2.63 bits per heavy atom. The minimum Gasteiger partial charge on any atom is -0.477 e. The molecule has 0 bridgehead atoms. The number of ether oxygens (including phenoxy) is 1. The molecule has 0 saturated heterocycles. The van der Waals surface area contributed by atoms with E-state index >= 15 is 0 Å². The molecule has 0 aliphatic rings. The average Bonchev–Trinajstić information content (AvgIpc) is 3.05. The van der Waals surface area contributed by atoms with E-state index in [1.165, 1.54) is 12.3 Å². The van der Waals surface area contributed by atoms with Gasteiger partial charge in [0.25, 0.3) is 6.01 Å². The van der Waals surface area contributed by atoms with Crippen LogP contribution in [0.25, 0.3) is 11.1 Å². The fraction of sp³-hybridized carbons (Fsp3) is 0. The third-order valence-electron chi connectivity index (χ3n) is 3.64. The number of carboxylic acid groups (broad SMARTS) is 1. The number of benzene rings is 2. The summed E-state index contributed by atoms with van der Waals surface area (Å²) in [7, 11) is 0. The summed E-state index contributed by atoms with van der Waals surface area (Å²) in [5, 5.41) is 12.1. The highest BCUT2D eigenvalue weighted by molar-refractivity contribution is 9.10. The number of nitrogens with zero attached hydrogens (tertiary/aromatic N) is 2. The van der Waals surface area contributed by atoms with Gasteiger partial charge in [-0.1, -0.05) is 15.9 Å². The van der Waals surface area contributed by atoms with Crippen LogP contribution in [0.4, 0.5) is 11.7 Å². The predicted octanol–water partition coefficient (Wildman–Crippen LogP) is 5.22. The van der Waals surface area contributed by atoms with Gasteiger partial charge in [-0.3, -0.25) is 0 Å². The highest BCUT2D eigenvalue weighted by atomic mass is 79.9. The van der Waals surface area contributed by atoms with Crippen molar-refractivity contribution >= 4 is 44.7 Å². The zero-order valence-corrected chi connectivity index (χ0v) is 15.3. The number of carbonyl (C=O) groups is 1. The van der Waals surface area contributed by atoms with Crippen LogP contribution >= 0.6 is 15.9 Å². The quantitative estimate of drug-likeness (QED) is 0.452. The van der Waals surface area contributed by atoms with Crippen molar-refractivity contribution in [1.82, 2.24) is 9.97 Å². The van der Waals surface area contributed by atoms with Gasteiger partial charge in [0.05, 0.1) is 0 Å². The molecule has 2 aromatic carbocycles. The van der Waals surface area contributed by atoms with Gasteiger partial charge in [-0.25, -0.2) is 9.78 Å². The molecule has 0 radical (unpaired) electrons. The molecule has 2 aromatic heterocycles. The largest absolute Gasteiger partial charge is 0.477 e. The third-order valence-corrected chi connectivity index (χ3v) is 4.17. The Morgan fingerprint density at radius 2 is 1.85 bits per heavy atom. The molecule has 2 heterocycles. The van der Waals surface area contributed by atoms with Crippen LogP contribution in [-0.4, -0.2) is 21.0 Å². The zero-order chi connectivity index (χ0) is 18.8. The van der Waals surface area contributed by atoms with E-state index in [0.717, 1.165) is 10.2 Å². The SMILES string of the molecule is O=C(O)c1cc(Oc2ccc3nc(Nc4ccc(Br)cc4)oc3c2)ccn1. The molecular formula is C19H12BrN3O4. The van der Waals surface area contributed by atoms with Crippen LogP contribution in [0.2, 0.25) is 0 Å². The minimum atomic E-state index is -1.12. The molecule has 0 unspecified atom stereocenters. The molecule has 0 atom stereocenters. The summed E-state index contributed by atoms with van der Waals surface area (Å²) in [5.41, 5.74) is 1.97. The lowest BCUT2D eigenvalue weighted by atomic mass is 10.3. The second-order valence-corrected chi connectivity index (χ2v) is 6.48. The van der Waals surface area contributed by atoms with Gasteiger partial charge in [-0.2, -0.15) is 4.98 Å². The van der Waals surface area contributed by atoms with Crippen LogP contribution in [0.15, 0.2) is 69.7 Å². The molecule has 8 heteroatoms. The molecule has 27 heavy (non-hydrogen) atoms. The van der Waals surface area contributed by atoms with E-state index in [-0.39, 0.29) is 5.69 Å². The molecule has 0 fully saturated rings. The summed E-state index contributed by atoms with van der Waals surface area (Å²) >= 11 is 3.39. The Morgan fingerprint density at radius 1 is 1.07 bits per heavy atom. The van der Waals surface area contributed by atoms with E-state index in [9.17, 15) is 4.79 Å². The van der Waals surface area contributed by atoms with Crippen molar-refractivity contribution in [2.24, 2.45) is 0 Å². The first-order valence-corrected chi connectivity index (χ1v) is 8.66. The third kappa shape index (κ3) is 3.90. The molecule has 7 nitrogen and oxygen atoms in total. The van der Waals surface area contributed by atoms with Crippen LogP contribution in [0.5, 0.6) is 11.5 Å². The Bertz CT molecular complexity index is 1130. The first kappa shape index (κ1) is 17.0. The molecule has 0 amide bonds. The predicted molar refractivity (Wildman–Crippen MR) is 103 cm³/mol. The van der Waals surface area contributed by atoms with Crippen LogP contribution in [0, 0.1) is 0 Å². The van der Waals surface area contributed by atoms with Gasteiger partial charge in [-0.05, 0) is 42.5 Å². The van der Waals surface area contributed by atoms with Crippen molar-refractivity contribution in [2.45, 2.75) is 0 Å². The molecule has 0 spiro atoms. The maximum absolute atomic E-state index is 11.0. The summed E-state index contributed by atoms with van der Waals surface area (Å²) in [4.78, 5) is 19.1. The van der Waals surface area contributed by atoms with E-state index in [1.54, 1.807) is 24.3 Å². The number of hydrogen-bond donors (Lipinski definition) is 2. The minimum absolute atomic E-state index is 0.0887. The number of aromatic nitrogens is 2. The summed E-state index contributed by atoms with van der Waals surface area (Å²) in [6.07, 6.45) is 1.38. The average molecular weight is 426 g/mol. The van der Waals surface area contributed by atoms with Gasteiger partial charge in [0.15, 0.2) is 11.3 Å². The Kier molecular flexibility index (Phi) is 4.47. The normalized spacial score (nSPS) is 10.7. The van der Waals surface area contributed by atoms with Crippen molar-refractivity contribution in [3.8, 4) is 11.5 Å². The molecule has 4 aromatic rings. The van der Waals surface area contributed by atoms with Crippen molar-refractivity contribution in [1.29, 1.82) is 0 Å². The number of nitrogens with one attached hydrogen (secondary N) is 1. The van der Waals surface area contributed by atoms with Crippen molar-refractivity contribution in [3.63, 3.8) is 0 Å². The lowest BCUT2D eigenvalue weighted by Crippen LogP contribution is -1.99. The second kappa shape index (κ2) is 7.08. The standard InChI is InChI=1S/C19H12BrN3O4/c20-11-1-3-12(4-2-11)22-19-23-15-6-5-13(10-17(15)27-19)26-14-7-8-21-16(9-14)18(24)25/h1-10H,(H,22,23)(H,24,25). The zero-order valence-electron chi connectivity index (χ0n) is 13.7. The monoisotopic (exact) mass is 425 g/mol. The number of oxazole rings is 1. The Balaban J connectivity index is 1.56. The lowest BCUT2D eigenvalue weighted by molar-refractivity contribution is 0.0690. The van der Waals surface area contributed by atoms with Crippen molar-refractivity contribution in [3.05, 3.63) is 71.0 Å². The molecule has 134 valence electrons. The van der Waals surface area contributed by atoms with Crippen LogP contribution in [-0.2, 0) is 0 Å². The van der Waals surface area contributed by atoms with E-state index in [4.69, 9.17) is 14.3 Å². The van der Waals surface area contributed by atoms with Gasteiger partial charge < -0.3 is 19.6 Å². The Hall–Kier alpha value is -3.39. The maximum Gasteiger partial charge on any atom is 0.354 e. The van der Waals surface area contributed by atoms with Crippen molar-refractivity contribution in [2.75, 3.05) is 5.32 Å². The fourth-order valence-corrected chi connectivity index (χ4v) is 2.67. The number of halogens is 1. The van der Waals surface area contributed by atoms with Crippen LogP contribution in [0.1, 0.15) is 10.5 Å². The van der Waals surface area contributed by atoms with Gasteiger partial charge >= 0.3 is 5.97 Å². The van der Waals surface area contributed by atoms with E-state index < -0.39 is 5.97 Å². The number of aromatic carboxylic acids is 1. The first-order chi connectivity index (χ1) is 13.1. The topological polar surface area (TPSA) is 97.5 Å². The van der Waals surface area contributed by atoms with E-state index in [0.29, 0.717) is 28.6 Å². The van der Waals surface area contributed by atoms with Gasteiger partial charge in [0, 0.05) is 28.5 Å². The van der Waals surface area contributed by atoms with Gasteiger partial charge in [-0.15, -0.1) is 0 Å². The highest BCUT2D eigenvalue weighted by Crippen LogP contribution is 2.28. The number of anilines is 2. The van der Waals surface area contributed by atoms with Gasteiger partial charge in [0.1, 0.15) is 17.0 Å². The molecule has 2 N–H and O–H groups in total. The van der Waals surface area contributed by atoms with E-state index in [1.807, 2.05) is 24.3 Å². The summed E-state index contributed by atoms with van der Waals surface area (Å²) in [6, 6.07) is 16.1. The second-order valence-electron chi connectivity index (χ2n) is 5.56. The van der Waals surface area contributed by atoms with E-state index in [2.05, 4.69) is 31.2 Å². The maximum atomic E-state index is 11.0. The highest BCUT2D eigenvalue weighted by Gasteiger charge is 2.10. The molecule has 0 saturated carbocycles. The van der Waals surface area contributed by atoms with Crippen LogP contribution in [0.3, 0.4) is 0 Å². The summed E-state index contributed by atoms with van der Waals surface area (Å²) in [5.74, 6) is -0.249. The smallest absolute Gasteiger partial charge is 0.354 e. The lowest BCUT2D eigenvalue weighted by Gasteiger charge is -2.05. The molecule has 0 aliphatic heterocycles. The number of hydrogen-bond acceptors (Lipinski definition) is 6. The van der Waals surface area contributed by atoms with Crippen LogP contribution < -0.4 is 10.1 Å².